The van der Waals surface area contributed by atoms with Gasteiger partial charge in [0.2, 0.25) is 5.91 Å². The molecule has 1 atom stereocenters. The molecule has 0 aromatic rings. The van der Waals surface area contributed by atoms with Gasteiger partial charge in [0.15, 0.2) is 0 Å². The van der Waals surface area contributed by atoms with Crippen LogP contribution < -0.4 is 0 Å². The van der Waals surface area contributed by atoms with Crippen LogP contribution in [0.1, 0.15) is 25.7 Å². The average molecular weight is 270 g/mol. The lowest BCUT2D eigenvalue weighted by molar-refractivity contribution is -0.142. The second-order valence-corrected chi connectivity index (χ2v) is 5.13. The fourth-order valence-corrected chi connectivity index (χ4v) is 2.78. The first kappa shape index (κ1) is 14.3. The number of carboxylic acid groups (broad SMARTS) is 1. The van der Waals surface area contributed by atoms with Gasteiger partial charge in [0.1, 0.15) is 6.04 Å². The number of morpholine rings is 1. The van der Waals surface area contributed by atoms with Crippen molar-refractivity contribution in [1.82, 2.24) is 9.80 Å². The van der Waals surface area contributed by atoms with Gasteiger partial charge in [-0.15, -0.1) is 0 Å². The van der Waals surface area contributed by atoms with Crippen molar-refractivity contribution in [2.24, 2.45) is 0 Å². The maximum atomic E-state index is 11.9. The van der Waals surface area contributed by atoms with E-state index in [1.54, 1.807) is 0 Å². The van der Waals surface area contributed by atoms with E-state index in [0.29, 0.717) is 39.3 Å². The highest BCUT2D eigenvalue weighted by Gasteiger charge is 2.30. The van der Waals surface area contributed by atoms with Crippen molar-refractivity contribution in [3.63, 3.8) is 0 Å². The number of carbonyl (C=O) groups is 2. The smallest absolute Gasteiger partial charge is 0.320 e. The summed E-state index contributed by atoms with van der Waals surface area (Å²) in [6, 6.07) is -0.349. The van der Waals surface area contributed by atoms with E-state index in [1.165, 1.54) is 0 Å². The first-order chi connectivity index (χ1) is 9.18. The van der Waals surface area contributed by atoms with Crippen LogP contribution in [0.5, 0.6) is 0 Å². The van der Waals surface area contributed by atoms with E-state index in [1.807, 2.05) is 9.80 Å². The van der Waals surface area contributed by atoms with Crippen molar-refractivity contribution in [1.29, 1.82) is 0 Å². The van der Waals surface area contributed by atoms with Gasteiger partial charge in [-0.1, -0.05) is 0 Å². The van der Waals surface area contributed by atoms with Crippen LogP contribution in [0, 0.1) is 0 Å². The van der Waals surface area contributed by atoms with Gasteiger partial charge in [-0.25, -0.2) is 0 Å². The van der Waals surface area contributed by atoms with Crippen LogP contribution >= 0.6 is 0 Å². The Kier molecular flexibility index (Phi) is 5.15. The number of ether oxygens (including phenoxy) is 1. The summed E-state index contributed by atoms with van der Waals surface area (Å²) in [4.78, 5) is 26.8. The Morgan fingerprint density at radius 3 is 2.63 bits per heavy atom. The molecule has 0 saturated carbocycles. The van der Waals surface area contributed by atoms with Crippen molar-refractivity contribution in [2.45, 2.75) is 31.7 Å². The zero-order chi connectivity index (χ0) is 13.7. The fourth-order valence-electron chi connectivity index (χ4n) is 2.78. The standard InChI is InChI=1S/C13H22N2O4/c16-12(15-7-9-19-10-8-15)4-2-6-14-5-1-3-11(14)13(17)18/h11H,1-10H2,(H,17,18). The zero-order valence-corrected chi connectivity index (χ0v) is 11.2. The lowest BCUT2D eigenvalue weighted by Crippen LogP contribution is -2.41. The van der Waals surface area contributed by atoms with E-state index >= 15 is 0 Å². The molecule has 0 aromatic heterocycles. The SMILES string of the molecule is O=C(O)C1CCCN1CCCC(=O)N1CCOCC1. The number of nitrogens with zero attached hydrogens (tertiary/aromatic N) is 2. The van der Waals surface area contributed by atoms with Crippen LogP contribution in [-0.4, -0.2) is 72.2 Å². The van der Waals surface area contributed by atoms with E-state index in [9.17, 15) is 9.59 Å². The summed E-state index contributed by atoms with van der Waals surface area (Å²) in [5, 5.41) is 9.07. The van der Waals surface area contributed by atoms with Crippen molar-refractivity contribution in [3.05, 3.63) is 0 Å². The number of aliphatic carboxylic acids is 1. The highest BCUT2D eigenvalue weighted by atomic mass is 16.5. The van der Waals surface area contributed by atoms with Crippen LogP contribution in [0.3, 0.4) is 0 Å². The van der Waals surface area contributed by atoms with Gasteiger partial charge in [-0.05, 0) is 32.4 Å². The second-order valence-electron chi connectivity index (χ2n) is 5.13. The van der Waals surface area contributed by atoms with E-state index in [-0.39, 0.29) is 11.9 Å². The molecular weight excluding hydrogens is 248 g/mol. The lowest BCUT2D eigenvalue weighted by atomic mass is 10.2. The van der Waals surface area contributed by atoms with Crippen LogP contribution in [-0.2, 0) is 14.3 Å². The second kappa shape index (κ2) is 6.86. The Morgan fingerprint density at radius 2 is 1.95 bits per heavy atom. The molecule has 0 aliphatic carbocycles. The summed E-state index contributed by atoms with van der Waals surface area (Å²) < 4.78 is 5.21. The lowest BCUT2D eigenvalue weighted by Gasteiger charge is -2.27. The molecule has 2 aliphatic heterocycles. The molecule has 6 nitrogen and oxygen atoms in total. The van der Waals surface area contributed by atoms with E-state index in [4.69, 9.17) is 9.84 Å². The first-order valence-electron chi connectivity index (χ1n) is 7.01. The van der Waals surface area contributed by atoms with Crippen molar-refractivity contribution >= 4 is 11.9 Å². The summed E-state index contributed by atoms with van der Waals surface area (Å²) in [6.07, 6.45) is 2.91. The quantitative estimate of drug-likeness (QED) is 0.771. The predicted molar refractivity (Wildman–Crippen MR) is 68.9 cm³/mol. The number of likely N-dealkylation sites (tertiary alicyclic amines) is 1. The Labute approximate surface area is 113 Å². The molecular formula is C13H22N2O4. The van der Waals surface area contributed by atoms with Gasteiger partial charge >= 0.3 is 5.97 Å². The average Bonchev–Trinajstić information content (AvgIpc) is 2.88. The summed E-state index contributed by atoms with van der Waals surface area (Å²) in [6.45, 7) is 4.15. The van der Waals surface area contributed by atoms with Crippen molar-refractivity contribution in [2.75, 3.05) is 39.4 Å². The predicted octanol–water partition coefficient (Wildman–Crippen LogP) is 0.174. The number of carboxylic acids is 1. The van der Waals surface area contributed by atoms with E-state index in [0.717, 1.165) is 25.8 Å². The normalized spacial score (nSPS) is 24.6. The molecule has 0 radical (unpaired) electrons. The minimum atomic E-state index is -0.739. The van der Waals surface area contributed by atoms with Gasteiger partial charge in [0.05, 0.1) is 13.2 Å². The molecule has 6 heteroatoms. The third kappa shape index (κ3) is 3.91. The molecule has 2 fully saturated rings. The molecule has 2 saturated heterocycles. The van der Waals surface area contributed by atoms with Crippen LogP contribution in [0.25, 0.3) is 0 Å². The third-order valence-corrected chi connectivity index (χ3v) is 3.85. The fraction of sp³-hybridized carbons (Fsp3) is 0.846. The Hall–Kier alpha value is -1.14. The maximum absolute atomic E-state index is 11.9. The Morgan fingerprint density at radius 1 is 1.21 bits per heavy atom. The molecule has 0 aromatic carbocycles. The summed E-state index contributed by atoms with van der Waals surface area (Å²) in [5.41, 5.74) is 0. The molecule has 19 heavy (non-hydrogen) atoms. The van der Waals surface area contributed by atoms with Crippen molar-refractivity contribution < 1.29 is 19.4 Å². The minimum absolute atomic E-state index is 0.161. The summed E-state index contributed by atoms with van der Waals surface area (Å²) in [7, 11) is 0. The molecule has 1 amide bonds. The molecule has 0 spiro atoms. The maximum Gasteiger partial charge on any atom is 0.320 e. The molecule has 1 N–H and O–H groups in total. The van der Waals surface area contributed by atoms with E-state index in [2.05, 4.69) is 0 Å². The summed E-state index contributed by atoms with van der Waals surface area (Å²) >= 11 is 0. The number of hydrogen-bond acceptors (Lipinski definition) is 4. The first-order valence-corrected chi connectivity index (χ1v) is 7.01. The zero-order valence-electron chi connectivity index (χ0n) is 11.2. The molecule has 2 heterocycles. The number of hydrogen-bond donors (Lipinski definition) is 1. The summed E-state index contributed by atoms with van der Waals surface area (Å²) in [5.74, 6) is -0.577. The topological polar surface area (TPSA) is 70.1 Å². The van der Waals surface area contributed by atoms with Crippen molar-refractivity contribution in [3.8, 4) is 0 Å². The highest BCUT2D eigenvalue weighted by Crippen LogP contribution is 2.18. The molecule has 108 valence electrons. The van der Waals surface area contributed by atoms with Gasteiger partial charge < -0.3 is 14.7 Å². The van der Waals surface area contributed by atoms with Crippen LogP contribution in [0.15, 0.2) is 0 Å². The third-order valence-electron chi connectivity index (χ3n) is 3.85. The van der Waals surface area contributed by atoms with Gasteiger partial charge in [0, 0.05) is 19.5 Å². The van der Waals surface area contributed by atoms with Crippen LogP contribution in [0.2, 0.25) is 0 Å². The number of rotatable bonds is 5. The Bertz CT molecular complexity index is 329. The van der Waals surface area contributed by atoms with Gasteiger partial charge in [-0.2, -0.15) is 0 Å². The monoisotopic (exact) mass is 270 g/mol. The molecule has 0 bridgehead atoms. The Balaban J connectivity index is 1.68. The van der Waals surface area contributed by atoms with Gasteiger partial charge in [0.25, 0.3) is 0 Å². The van der Waals surface area contributed by atoms with E-state index < -0.39 is 5.97 Å². The largest absolute Gasteiger partial charge is 0.480 e. The number of carbonyl (C=O) groups excluding carboxylic acids is 1. The molecule has 1 unspecified atom stereocenters. The van der Waals surface area contributed by atoms with Gasteiger partial charge in [-0.3, -0.25) is 14.5 Å². The minimum Gasteiger partial charge on any atom is -0.480 e. The highest BCUT2D eigenvalue weighted by molar-refractivity contribution is 5.76. The number of amides is 1. The molecule has 2 rings (SSSR count). The molecule has 2 aliphatic rings. The van der Waals surface area contributed by atoms with Crippen LogP contribution in [0.4, 0.5) is 0 Å².